The van der Waals surface area contributed by atoms with Crippen LogP contribution in [0.4, 0.5) is 13.2 Å². The molecule has 0 aliphatic heterocycles. The fourth-order valence-corrected chi connectivity index (χ4v) is 1.29. The lowest BCUT2D eigenvalue weighted by atomic mass is 10.0. The number of benzene rings is 1. The molecule has 1 aromatic carbocycles. The number of hydrogen-bond donors (Lipinski definition) is 1. The molecular weight excluding hydrogens is 221 g/mol. The normalized spacial score (nSPS) is 15.8. The third kappa shape index (κ3) is 3.50. The fraction of sp³-hybridized carbons (Fsp3) is 0.455. The smallest absolute Gasteiger partial charge is 0.362 e. The van der Waals surface area contributed by atoms with Gasteiger partial charge in [0.05, 0.1) is 0 Å². The predicted octanol–water partition coefficient (Wildman–Crippen LogP) is 2.82. The lowest BCUT2D eigenvalue weighted by Crippen LogP contribution is -2.33. The minimum Gasteiger partial charge on any atom is -0.362 e. The summed E-state index contributed by atoms with van der Waals surface area (Å²) in [5, 5.41) is 9.93. The minimum atomic E-state index is -4.45. The van der Waals surface area contributed by atoms with Crippen LogP contribution < -0.4 is 0 Å². The molecule has 2 nitrogen and oxygen atoms in total. The van der Waals surface area contributed by atoms with E-state index in [1.165, 1.54) is 12.1 Å². The minimum absolute atomic E-state index is 0.0487. The molecular formula is C11H13F3O2. The van der Waals surface area contributed by atoms with Crippen LogP contribution in [0.25, 0.3) is 0 Å². The average molecular weight is 234 g/mol. The van der Waals surface area contributed by atoms with Crippen molar-refractivity contribution in [2.75, 3.05) is 6.61 Å². The van der Waals surface area contributed by atoms with E-state index in [1.54, 1.807) is 25.1 Å². The zero-order chi connectivity index (χ0) is 12.2. The molecule has 0 aliphatic carbocycles. The first kappa shape index (κ1) is 13.0. The maximum Gasteiger partial charge on any atom is 0.411 e. The molecule has 1 N–H and O–H groups in total. The molecule has 16 heavy (non-hydrogen) atoms. The molecule has 5 heteroatoms. The van der Waals surface area contributed by atoms with E-state index in [0.717, 1.165) is 0 Å². The van der Waals surface area contributed by atoms with Crippen LogP contribution in [-0.4, -0.2) is 17.9 Å². The third-order valence-electron chi connectivity index (χ3n) is 2.18. The van der Waals surface area contributed by atoms with Crippen LogP contribution in [-0.2, 0) is 10.5 Å². The molecule has 1 aromatic rings. The highest BCUT2D eigenvalue weighted by molar-refractivity contribution is 5.19. The molecule has 0 aromatic heterocycles. The van der Waals surface area contributed by atoms with Crippen molar-refractivity contribution in [1.29, 1.82) is 0 Å². The molecule has 0 heterocycles. The second-order valence-corrected chi connectivity index (χ2v) is 3.41. The summed E-state index contributed by atoms with van der Waals surface area (Å²) in [6.07, 6.45) is -4.40. The number of halogens is 3. The van der Waals surface area contributed by atoms with E-state index in [4.69, 9.17) is 0 Å². The molecule has 0 amide bonds. The standard InChI is InChI=1S/C11H13F3O2/c1-2-10(15,16-8-11(12,13)14)9-6-4-3-5-7-9/h3-7,15H,2,8H2,1H3. The Kier molecular flexibility index (Phi) is 3.93. The number of ether oxygens (including phenoxy) is 1. The Labute approximate surface area is 91.7 Å². The van der Waals surface area contributed by atoms with Crippen molar-refractivity contribution in [2.45, 2.75) is 25.3 Å². The zero-order valence-electron chi connectivity index (χ0n) is 8.79. The van der Waals surface area contributed by atoms with Crippen LogP contribution in [0.2, 0.25) is 0 Å². The number of aliphatic hydroxyl groups is 1. The van der Waals surface area contributed by atoms with Gasteiger partial charge in [-0.25, -0.2) is 0 Å². The zero-order valence-corrected chi connectivity index (χ0v) is 8.79. The van der Waals surface area contributed by atoms with E-state index in [-0.39, 0.29) is 6.42 Å². The van der Waals surface area contributed by atoms with Crippen LogP contribution in [0.5, 0.6) is 0 Å². The Hall–Kier alpha value is -1.07. The maximum atomic E-state index is 12.0. The van der Waals surface area contributed by atoms with Crippen molar-refractivity contribution in [3.05, 3.63) is 35.9 Å². The Bertz CT molecular complexity index is 324. The molecule has 90 valence electrons. The van der Waals surface area contributed by atoms with Gasteiger partial charge in [-0.2, -0.15) is 13.2 Å². The first-order valence-electron chi connectivity index (χ1n) is 4.86. The van der Waals surface area contributed by atoms with Crippen LogP contribution in [0.3, 0.4) is 0 Å². The lowest BCUT2D eigenvalue weighted by Gasteiger charge is -2.27. The number of alkyl halides is 3. The van der Waals surface area contributed by atoms with Gasteiger partial charge in [0, 0.05) is 12.0 Å². The molecule has 0 fully saturated rings. The quantitative estimate of drug-likeness (QED) is 0.812. The summed E-state index contributed by atoms with van der Waals surface area (Å²) in [5.41, 5.74) is 0.321. The Balaban J connectivity index is 2.79. The first-order valence-corrected chi connectivity index (χ1v) is 4.86. The molecule has 0 saturated carbocycles. The first-order chi connectivity index (χ1) is 7.37. The second-order valence-electron chi connectivity index (χ2n) is 3.41. The highest BCUT2D eigenvalue weighted by Crippen LogP contribution is 2.28. The topological polar surface area (TPSA) is 29.5 Å². The third-order valence-corrected chi connectivity index (χ3v) is 2.18. The summed E-state index contributed by atoms with van der Waals surface area (Å²) in [6, 6.07) is 8.03. The predicted molar refractivity (Wildman–Crippen MR) is 52.6 cm³/mol. The average Bonchev–Trinajstić information content (AvgIpc) is 2.26. The van der Waals surface area contributed by atoms with Gasteiger partial charge in [0.25, 0.3) is 0 Å². The van der Waals surface area contributed by atoms with Crippen LogP contribution in [0, 0.1) is 0 Å². The van der Waals surface area contributed by atoms with Gasteiger partial charge < -0.3 is 9.84 Å². The molecule has 0 spiro atoms. The maximum absolute atomic E-state index is 12.0. The van der Waals surface area contributed by atoms with Gasteiger partial charge in [0.1, 0.15) is 6.61 Å². The van der Waals surface area contributed by atoms with Gasteiger partial charge in [-0.3, -0.25) is 0 Å². The van der Waals surface area contributed by atoms with Crippen molar-refractivity contribution in [1.82, 2.24) is 0 Å². The van der Waals surface area contributed by atoms with Gasteiger partial charge in [-0.15, -0.1) is 0 Å². The number of rotatable bonds is 4. The molecule has 0 bridgehead atoms. The van der Waals surface area contributed by atoms with Gasteiger partial charge in [-0.05, 0) is 0 Å². The van der Waals surface area contributed by atoms with Crippen molar-refractivity contribution < 1.29 is 23.0 Å². The Morgan fingerprint density at radius 1 is 1.19 bits per heavy atom. The summed E-state index contributed by atoms with van der Waals surface area (Å²) in [4.78, 5) is 0. The van der Waals surface area contributed by atoms with Gasteiger partial charge in [0.2, 0.25) is 0 Å². The van der Waals surface area contributed by atoms with Gasteiger partial charge in [0.15, 0.2) is 5.79 Å². The molecule has 0 aliphatic rings. The van der Waals surface area contributed by atoms with Crippen molar-refractivity contribution in [3.8, 4) is 0 Å². The van der Waals surface area contributed by atoms with E-state index in [0.29, 0.717) is 5.56 Å². The summed E-state index contributed by atoms with van der Waals surface area (Å²) < 4.78 is 40.6. The summed E-state index contributed by atoms with van der Waals surface area (Å²) in [7, 11) is 0. The van der Waals surface area contributed by atoms with Crippen LogP contribution in [0.1, 0.15) is 18.9 Å². The highest BCUT2D eigenvalue weighted by Gasteiger charge is 2.35. The van der Waals surface area contributed by atoms with Gasteiger partial charge >= 0.3 is 6.18 Å². The molecule has 0 radical (unpaired) electrons. The Morgan fingerprint density at radius 3 is 2.19 bits per heavy atom. The monoisotopic (exact) mass is 234 g/mol. The fourth-order valence-electron chi connectivity index (χ4n) is 1.29. The van der Waals surface area contributed by atoms with E-state index < -0.39 is 18.6 Å². The summed E-state index contributed by atoms with van der Waals surface area (Å²) in [6.45, 7) is 0.0929. The van der Waals surface area contributed by atoms with Crippen molar-refractivity contribution in [2.24, 2.45) is 0 Å². The van der Waals surface area contributed by atoms with E-state index in [9.17, 15) is 18.3 Å². The molecule has 1 atom stereocenters. The van der Waals surface area contributed by atoms with Gasteiger partial charge in [-0.1, -0.05) is 37.3 Å². The number of hydrogen-bond acceptors (Lipinski definition) is 2. The van der Waals surface area contributed by atoms with Crippen molar-refractivity contribution in [3.63, 3.8) is 0 Å². The highest BCUT2D eigenvalue weighted by atomic mass is 19.4. The lowest BCUT2D eigenvalue weighted by molar-refractivity contribution is -0.273. The van der Waals surface area contributed by atoms with Crippen molar-refractivity contribution >= 4 is 0 Å². The van der Waals surface area contributed by atoms with E-state index in [2.05, 4.69) is 4.74 Å². The summed E-state index contributed by atoms with van der Waals surface area (Å²) >= 11 is 0. The van der Waals surface area contributed by atoms with E-state index in [1.807, 2.05) is 0 Å². The Morgan fingerprint density at radius 2 is 1.75 bits per heavy atom. The summed E-state index contributed by atoms with van der Waals surface area (Å²) in [5.74, 6) is -1.88. The van der Waals surface area contributed by atoms with Crippen LogP contribution in [0.15, 0.2) is 30.3 Å². The van der Waals surface area contributed by atoms with Crippen LogP contribution >= 0.6 is 0 Å². The molecule has 0 saturated heterocycles. The SMILES string of the molecule is CCC(O)(OCC(F)(F)F)c1ccccc1. The molecule has 1 rings (SSSR count). The largest absolute Gasteiger partial charge is 0.411 e. The van der Waals surface area contributed by atoms with E-state index >= 15 is 0 Å². The molecule has 1 unspecified atom stereocenters. The second kappa shape index (κ2) is 4.84.